The molecule has 6 heteroatoms. The highest BCUT2D eigenvalue weighted by molar-refractivity contribution is 5.98. The Morgan fingerprint density at radius 2 is 2.13 bits per heavy atom. The van der Waals surface area contributed by atoms with Gasteiger partial charge in [0, 0.05) is 57.4 Å². The predicted molar refractivity (Wildman–Crippen MR) is 123 cm³/mol. The van der Waals surface area contributed by atoms with E-state index in [2.05, 4.69) is 48.3 Å². The second kappa shape index (κ2) is 11.3. The zero-order chi connectivity index (χ0) is 21.3. The first kappa shape index (κ1) is 22.6. The Bertz CT molecular complexity index is 715. The number of amides is 1. The predicted octanol–water partition coefficient (Wildman–Crippen LogP) is 3.37. The number of para-hydroxylation sites is 1. The van der Waals surface area contributed by atoms with Gasteiger partial charge in [-0.3, -0.25) is 9.79 Å². The van der Waals surface area contributed by atoms with Crippen molar-refractivity contribution < 1.29 is 9.90 Å². The topological polar surface area (TPSA) is 68.2 Å². The van der Waals surface area contributed by atoms with Crippen LogP contribution in [0.2, 0.25) is 0 Å². The number of fused-ring (bicyclic) bond motifs is 1. The molecule has 0 bridgehead atoms. The van der Waals surface area contributed by atoms with Crippen molar-refractivity contribution in [2.45, 2.75) is 58.3 Å². The van der Waals surface area contributed by atoms with Crippen LogP contribution in [-0.4, -0.2) is 61.2 Å². The highest BCUT2D eigenvalue weighted by Gasteiger charge is 2.32. The molecular weight excluding hydrogens is 376 g/mol. The minimum Gasteiger partial charge on any atom is -0.396 e. The molecule has 0 radical (unpaired) electrons. The van der Waals surface area contributed by atoms with Crippen LogP contribution in [-0.2, 0) is 4.79 Å². The van der Waals surface area contributed by atoms with Crippen LogP contribution in [0.15, 0.2) is 29.3 Å². The van der Waals surface area contributed by atoms with Crippen molar-refractivity contribution in [1.29, 1.82) is 0 Å². The normalized spacial score (nSPS) is 20.0. The number of guanidine groups is 1. The summed E-state index contributed by atoms with van der Waals surface area (Å²) in [6.07, 6.45) is 5.70. The largest absolute Gasteiger partial charge is 0.396 e. The van der Waals surface area contributed by atoms with Gasteiger partial charge in [-0.15, -0.1) is 0 Å². The average molecular weight is 415 g/mol. The average Bonchev–Trinajstić information content (AvgIpc) is 3.33. The van der Waals surface area contributed by atoms with Crippen molar-refractivity contribution in [2.24, 2.45) is 10.9 Å². The lowest BCUT2D eigenvalue weighted by Crippen LogP contribution is -2.41. The lowest BCUT2D eigenvalue weighted by molar-refractivity contribution is -0.127. The number of hydrogen-bond donors (Lipinski definition) is 2. The molecule has 0 spiro atoms. The molecular formula is C24H38N4O2. The Morgan fingerprint density at radius 3 is 2.83 bits per heavy atom. The maximum absolute atomic E-state index is 12.0. The third-order valence-electron chi connectivity index (χ3n) is 6.31. The quantitative estimate of drug-likeness (QED) is 0.455. The molecule has 1 saturated heterocycles. The number of hydrogen-bond acceptors (Lipinski definition) is 3. The Morgan fingerprint density at radius 1 is 1.30 bits per heavy atom. The molecule has 0 aromatic heterocycles. The van der Waals surface area contributed by atoms with Gasteiger partial charge in [-0.1, -0.05) is 31.5 Å². The SMILES string of the molecule is CCCC(CCO)CN=C(NCC)N1CC(CCN2CCCC2=O)c2ccccc21. The number of likely N-dealkylation sites (tertiary alicyclic amines) is 1. The van der Waals surface area contributed by atoms with Crippen LogP contribution in [0.5, 0.6) is 0 Å². The van der Waals surface area contributed by atoms with E-state index in [0.29, 0.717) is 24.2 Å². The third-order valence-corrected chi connectivity index (χ3v) is 6.31. The van der Waals surface area contributed by atoms with Crippen molar-refractivity contribution in [2.75, 3.05) is 44.2 Å². The molecule has 1 fully saturated rings. The molecule has 1 aromatic rings. The van der Waals surface area contributed by atoms with Gasteiger partial charge in [0.25, 0.3) is 0 Å². The van der Waals surface area contributed by atoms with E-state index < -0.39 is 0 Å². The first-order valence-corrected chi connectivity index (χ1v) is 11.7. The third kappa shape index (κ3) is 5.54. The van der Waals surface area contributed by atoms with Gasteiger partial charge in [-0.2, -0.15) is 0 Å². The van der Waals surface area contributed by atoms with Crippen molar-refractivity contribution in [1.82, 2.24) is 10.2 Å². The minimum absolute atomic E-state index is 0.223. The van der Waals surface area contributed by atoms with Gasteiger partial charge >= 0.3 is 0 Å². The highest BCUT2D eigenvalue weighted by atomic mass is 16.3. The van der Waals surface area contributed by atoms with Crippen LogP contribution in [0.4, 0.5) is 5.69 Å². The molecule has 3 rings (SSSR count). The molecule has 0 aliphatic carbocycles. The number of anilines is 1. The molecule has 166 valence electrons. The number of nitrogens with zero attached hydrogens (tertiary/aromatic N) is 3. The number of carbonyl (C=O) groups excluding carboxylic acids is 1. The van der Waals surface area contributed by atoms with Gasteiger partial charge in [0.2, 0.25) is 5.91 Å². The summed E-state index contributed by atoms with van der Waals surface area (Å²) in [5, 5.41) is 12.9. The van der Waals surface area contributed by atoms with E-state index in [1.54, 1.807) is 0 Å². The summed E-state index contributed by atoms with van der Waals surface area (Å²) in [4.78, 5) is 21.3. The summed E-state index contributed by atoms with van der Waals surface area (Å²) in [7, 11) is 0. The van der Waals surface area contributed by atoms with Gasteiger partial charge in [0.15, 0.2) is 5.96 Å². The van der Waals surface area contributed by atoms with E-state index in [0.717, 1.165) is 70.8 Å². The molecule has 2 N–H and O–H groups in total. The molecule has 1 amide bonds. The van der Waals surface area contributed by atoms with E-state index in [-0.39, 0.29) is 6.61 Å². The molecule has 2 aliphatic heterocycles. The monoisotopic (exact) mass is 414 g/mol. The fourth-order valence-corrected chi connectivity index (χ4v) is 4.72. The van der Waals surface area contributed by atoms with Crippen molar-refractivity contribution in [3.05, 3.63) is 29.8 Å². The van der Waals surface area contributed by atoms with E-state index in [4.69, 9.17) is 4.99 Å². The zero-order valence-corrected chi connectivity index (χ0v) is 18.6. The van der Waals surface area contributed by atoms with Crippen molar-refractivity contribution >= 4 is 17.6 Å². The van der Waals surface area contributed by atoms with Gasteiger partial charge in [-0.05, 0) is 50.2 Å². The number of aliphatic imine (C=N–C) groups is 1. The first-order valence-electron chi connectivity index (χ1n) is 11.7. The van der Waals surface area contributed by atoms with Crippen LogP contribution < -0.4 is 10.2 Å². The standard InChI is InChI=1S/C24H38N4O2/c1-3-8-19(13-16-29)17-26-24(25-4-2)28-18-20(21-9-5-6-10-22(21)28)12-15-27-14-7-11-23(27)30/h5-6,9-10,19-20,29H,3-4,7-8,11-18H2,1-2H3,(H,25,26). The lowest BCUT2D eigenvalue weighted by Gasteiger charge is -2.24. The minimum atomic E-state index is 0.223. The number of benzene rings is 1. The Kier molecular flexibility index (Phi) is 8.55. The van der Waals surface area contributed by atoms with Crippen molar-refractivity contribution in [3.63, 3.8) is 0 Å². The highest BCUT2D eigenvalue weighted by Crippen LogP contribution is 2.38. The number of aliphatic hydroxyl groups is 1. The summed E-state index contributed by atoms with van der Waals surface area (Å²) in [5.74, 6) is 2.06. The van der Waals surface area contributed by atoms with Crippen LogP contribution in [0.3, 0.4) is 0 Å². The summed E-state index contributed by atoms with van der Waals surface area (Å²) < 4.78 is 0. The molecule has 2 atom stereocenters. The molecule has 30 heavy (non-hydrogen) atoms. The molecule has 6 nitrogen and oxygen atoms in total. The smallest absolute Gasteiger partial charge is 0.222 e. The first-order chi connectivity index (χ1) is 14.7. The number of aliphatic hydroxyl groups excluding tert-OH is 1. The zero-order valence-electron chi connectivity index (χ0n) is 18.6. The molecule has 2 heterocycles. The van der Waals surface area contributed by atoms with Gasteiger partial charge < -0.3 is 20.2 Å². The number of rotatable bonds is 10. The van der Waals surface area contributed by atoms with Gasteiger partial charge in [0.1, 0.15) is 0 Å². The van der Waals surface area contributed by atoms with Crippen LogP contribution in [0.1, 0.15) is 63.9 Å². The lowest BCUT2D eigenvalue weighted by atomic mass is 9.98. The van der Waals surface area contributed by atoms with Crippen LogP contribution in [0.25, 0.3) is 0 Å². The van der Waals surface area contributed by atoms with Crippen LogP contribution in [0, 0.1) is 5.92 Å². The summed E-state index contributed by atoms with van der Waals surface area (Å²) in [5.41, 5.74) is 2.58. The number of nitrogens with one attached hydrogen (secondary N) is 1. The molecule has 2 aliphatic rings. The van der Waals surface area contributed by atoms with Gasteiger partial charge in [-0.25, -0.2) is 0 Å². The summed E-state index contributed by atoms with van der Waals surface area (Å²) in [6, 6.07) is 8.60. The van der Waals surface area contributed by atoms with Gasteiger partial charge in [0.05, 0.1) is 0 Å². The molecule has 0 saturated carbocycles. The van der Waals surface area contributed by atoms with Crippen molar-refractivity contribution in [3.8, 4) is 0 Å². The van der Waals surface area contributed by atoms with Crippen LogP contribution >= 0.6 is 0 Å². The fourth-order valence-electron chi connectivity index (χ4n) is 4.72. The second-order valence-corrected chi connectivity index (χ2v) is 8.50. The maximum atomic E-state index is 12.0. The Balaban J connectivity index is 1.73. The van der Waals surface area contributed by atoms with E-state index in [1.165, 1.54) is 11.3 Å². The summed E-state index contributed by atoms with van der Waals surface area (Å²) >= 11 is 0. The molecule has 2 unspecified atom stereocenters. The Hall–Kier alpha value is -2.08. The van der Waals surface area contributed by atoms with E-state index in [9.17, 15) is 9.90 Å². The Labute approximate surface area is 181 Å². The summed E-state index contributed by atoms with van der Waals surface area (Å²) in [6.45, 7) is 8.72. The second-order valence-electron chi connectivity index (χ2n) is 8.50. The van der Waals surface area contributed by atoms with E-state index >= 15 is 0 Å². The fraction of sp³-hybridized carbons (Fsp3) is 0.667. The molecule has 1 aromatic carbocycles. The van der Waals surface area contributed by atoms with E-state index in [1.807, 2.05) is 4.90 Å². The maximum Gasteiger partial charge on any atom is 0.222 e. The number of carbonyl (C=O) groups is 1.